The van der Waals surface area contributed by atoms with Crippen LogP contribution in [0.2, 0.25) is 0 Å². The number of hydrogen-bond acceptors (Lipinski definition) is 1. The minimum Gasteiger partial charge on any atom is -0.171 e. The van der Waals surface area contributed by atoms with Gasteiger partial charge in [-0.1, -0.05) is 31.4 Å². The van der Waals surface area contributed by atoms with Crippen LogP contribution >= 0.6 is 12.6 Å². The molecule has 0 amide bonds. The number of rotatable bonds is 0. The van der Waals surface area contributed by atoms with E-state index in [4.69, 9.17) is 0 Å². The molecular formula is C11H18S. The van der Waals surface area contributed by atoms with E-state index >= 15 is 0 Å². The second-order valence-corrected chi connectivity index (χ2v) is 4.80. The van der Waals surface area contributed by atoms with Gasteiger partial charge in [0.05, 0.1) is 0 Å². The summed E-state index contributed by atoms with van der Waals surface area (Å²) >= 11 is 4.67. The molecule has 0 nitrogen and oxygen atoms in total. The van der Waals surface area contributed by atoms with Crippen LogP contribution in [0.5, 0.6) is 0 Å². The third kappa shape index (κ3) is 1.71. The van der Waals surface area contributed by atoms with Gasteiger partial charge < -0.3 is 0 Å². The predicted octanol–water partition coefficient (Wildman–Crippen LogP) is 3.44. The van der Waals surface area contributed by atoms with Crippen molar-refractivity contribution in [2.24, 2.45) is 11.8 Å². The fraction of sp³-hybridized carbons (Fsp3) is 0.818. The molecule has 0 saturated heterocycles. The molecular weight excluding hydrogens is 164 g/mol. The molecule has 0 heterocycles. The average molecular weight is 182 g/mol. The Hall–Kier alpha value is 0.0900. The van der Waals surface area contributed by atoms with Crippen LogP contribution in [-0.2, 0) is 0 Å². The van der Waals surface area contributed by atoms with Crippen LogP contribution in [0.25, 0.3) is 0 Å². The molecule has 0 N–H and O–H groups in total. The topological polar surface area (TPSA) is 0 Å². The van der Waals surface area contributed by atoms with E-state index < -0.39 is 0 Å². The SMILES string of the molecule is SC1C=CCCC2CCCCC12. The van der Waals surface area contributed by atoms with Gasteiger partial charge in [0.15, 0.2) is 0 Å². The zero-order valence-electron chi connectivity index (χ0n) is 7.58. The summed E-state index contributed by atoms with van der Waals surface area (Å²) in [5.41, 5.74) is 0. The van der Waals surface area contributed by atoms with Crippen LogP contribution in [0.1, 0.15) is 38.5 Å². The van der Waals surface area contributed by atoms with Crippen LogP contribution in [0.15, 0.2) is 12.2 Å². The molecule has 0 radical (unpaired) electrons. The first-order valence-electron chi connectivity index (χ1n) is 5.22. The van der Waals surface area contributed by atoms with Gasteiger partial charge in [-0.2, -0.15) is 12.6 Å². The third-order valence-electron chi connectivity index (χ3n) is 3.44. The molecule has 0 aromatic heterocycles. The highest BCUT2D eigenvalue weighted by Crippen LogP contribution is 2.39. The van der Waals surface area contributed by atoms with E-state index in [1.54, 1.807) is 0 Å². The highest BCUT2D eigenvalue weighted by atomic mass is 32.1. The Bertz CT molecular complexity index is 174. The summed E-state index contributed by atoms with van der Waals surface area (Å²) in [6, 6.07) is 0. The fourth-order valence-electron chi connectivity index (χ4n) is 2.73. The van der Waals surface area contributed by atoms with Gasteiger partial charge in [-0.25, -0.2) is 0 Å². The Labute approximate surface area is 80.8 Å². The molecule has 1 heteroatoms. The van der Waals surface area contributed by atoms with Gasteiger partial charge in [-0.3, -0.25) is 0 Å². The van der Waals surface area contributed by atoms with Gasteiger partial charge in [-0.15, -0.1) is 0 Å². The minimum absolute atomic E-state index is 0.554. The van der Waals surface area contributed by atoms with Crippen molar-refractivity contribution in [3.8, 4) is 0 Å². The van der Waals surface area contributed by atoms with Crippen LogP contribution in [0.4, 0.5) is 0 Å². The van der Waals surface area contributed by atoms with E-state index in [-0.39, 0.29) is 0 Å². The molecule has 3 unspecified atom stereocenters. The van der Waals surface area contributed by atoms with E-state index in [1.807, 2.05) is 0 Å². The first kappa shape index (κ1) is 8.68. The highest BCUT2D eigenvalue weighted by Gasteiger charge is 2.29. The van der Waals surface area contributed by atoms with Crippen LogP contribution in [-0.4, -0.2) is 5.25 Å². The monoisotopic (exact) mass is 182 g/mol. The van der Waals surface area contributed by atoms with Crippen LogP contribution in [0, 0.1) is 11.8 Å². The van der Waals surface area contributed by atoms with Gasteiger partial charge in [0.2, 0.25) is 0 Å². The maximum Gasteiger partial charge on any atom is 0.0227 e. The second kappa shape index (κ2) is 3.87. The molecule has 0 aromatic carbocycles. The van der Waals surface area contributed by atoms with E-state index in [2.05, 4.69) is 24.8 Å². The molecule has 2 aliphatic rings. The fourth-order valence-corrected chi connectivity index (χ4v) is 3.25. The molecule has 68 valence electrons. The van der Waals surface area contributed by atoms with E-state index in [0.717, 1.165) is 11.8 Å². The van der Waals surface area contributed by atoms with Crippen molar-refractivity contribution in [1.29, 1.82) is 0 Å². The largest absolute Gasteiger partial charge is 0.171 e. The van der Waals surface area contributed by atoms with E-state index in [9.17, 15) is 0 Å². The van der Waals surface area contributed by atoms with Crippen molar-refractivity contribution in [3.63, 3.8) is 0 Å². The summed E-state index contributed by atoms with van der Waals surface area (Å²) in [4.78, 5) is 0. The Morgan fingerprint density at radius 1 is 1.08 bits per heavy atom. The quantitative estimate of drug-likeness (QED) is 0.430. The normalized spacial score (nSPS) is 41.9. The summed E-state index contributed by atoms with van der Waals surface area (Å²) in [5.74, 6) is 1.87. The molecule has 1 fully saturated rings. The van der Waals surface area contributed by atoms with Crippen molar-refractivity contribution >= 4 is 12.6 Å². The van der Waals surface area contributed by atoms with Gasteiger partial charge in [-0.05, 0) is 31.1 Å². The summed E-state index contributed by atoms with van der Waals surface area (Å²) in [7, 11) is 0. The Morgan fingerprint density at radius 2 is 1.92 bits per heavy atom. The first-order chi connectivity index (χ1) is 5.88. The highest BCUT2D eigenvalue weighted by molar-refractivity contribution is 7.81. The van der Waals surface area contributed by atoms with E-state index in [0.29, 0.717) is 5.25 Å². The summed E-state index contributed by atoms with van der Waals surface area (Å²) < 4.78 is 0. The molecule has 3 atom stereocenters. The van der Waals surface area contributed by atoms with Gasteiger partial charge in [0.25, 0.3) is 0 Å². The van der Waals surface area contributed by atoms with Crippen molar-refractivity contribution in [2.45, 2.75) is 43.8 Å². The van der Waals surface area contributed by atoms with E-state index in [1.165, 1.54) is 38.5 Å². The lowest BCUT2D eigenvalue weighted by molar-refractivity contribution is 0.237. The predicted molar refractivity (Wildman–Crippen MR) is 56.6 cm³/mol. The lowest BCUT2D eigenvalue weighted by Gasteiger charge is -2.32. The van der Waals surface area contributed by atoms with Gasteiger partial charge in [0, 0.05) is 5.25 Å². The summed E-state index contributed by atoms with van der Waals surface area (Å²) in [6.45, 7) is 0. The number of allylic oxidation sites excluding steroid dienone is 1. The maximum atomic E-state index is 4.67. The Kier molecular flexibility index (Phi) is 2.80. The minimum atomic E-state index is 0.554. The Balaban J connectivity index is 2.07. The lowest BCUT2D eigenvalue weighted by atomic mass is 9.76. The lowest BCUT2D eigenvalue weighted by Crippen LogP contribution is -2.25. The average Bonchev–Trinajstić information content (AvgIpc) is 2.29. The smallest absolute Gasteiger partial charge is 0.0227 e. The van der Waals surface area contributed by atoms with Crippen molar-refractivity contribution in [1.82, 2.24) is 0 Å². The molecule has 0 spiro atoms. The molecule has 0 bridgehead atoms. The van der Waals surface area contributed by atoms with Crippen molar-refractivity contribution < 1.29 is 0 Å². The molecule has 0 aromatic rings. The number of thiol groups is 1. The van der Waals surface area contributed by atoms with Gasteiger partial charge >= 0.3 is 0 Å². The Morgan fingerprint density at radius 3 is 2.83 bits per heavy atom. The summed E-state index contributed by atoms with van der Waals surface area (Å²) in [6.07, 6.45) is 13.1. The van der Waals surface area contributed by atoms with Crippen molar-refractivity contribution in [2.75, 3.05) is 0 Å². The second-order valence-electron chi connectivity index (χ2n) is 4.20. The molecule has 2 rings (SSSR count). The van der Waals surface area contributed by atoms with Crippen molar-refractivity contribution in [3.05, 3.63) is 12.2 Å². The molecule has 2 aliphatic carbocycles. The van der Waals surface area contributed by atoms with Crippen LogP contribution < -0.4 is 0 Å². The van der Waals surface area contributed by atoms with Crippen LogP contribution in [0.3, 0.4) is 0 Å². The zero-order chi connectivity index (χ0) is 8.39. The molecule has 12 heavy (non-hydrogen) atoms. The summed E-state index contributed by atoms with van der Waals surface area (Å²) in [5, 5.41) is 0.554. The molecule has 0 aliphatic heterocycles. The first-order valence-corrected chi connectivity index (χ1v) is 5.74. The molecule has 1 saturated carbocycles. The number of fused-ring (bicyclic) bond motifs is 1. The zero-order valence-corrected chi connectivity index (χ0v) is 8.47. The maximum absolute atomic E-state index is 4.67. The van der Waals surface area contributed by atoms with Gasteiger partial charge in [0.1, 0.15) is 0 Å². The third-order valence-corrected chi connectivity index (χ3v) is 4.00. The standard InChI is InChI=1S/C11H18S/c12-11-8-4-2-6-9-5-1-3-7-10(9)11/h4,8-12H,1-3,5-7H2. The number of hydrogen-bond donors (Lipinski definition) is 1.